The number of anilines is 1. The van der Waals surface area contributed by atoms with Gasteiger partial charge < -0.3 is 5.32 Å². The lowest BCUT2D eigenvalue weighted by Gasteiger charge is -2.12. The maximum absolute atomic E-state index is 11.3. The number of aromatic nitrogens is 1. The number of hydrogen-bond donors (Lipinski definition) is 1. The van der Waals surface area contributed by atoms with Crippen molar-refractivity contribution >= 4 is 31.6 Å². The zero-order valence-electron chi connectivity index (χ0n) is 9.61. The number of rotatable bonds is 3. The first kappa shape index (κ1) is 12.8. The fourth-order valence-electron chi connectivity index (χ4n) is 1.94. The molecular formula is C11H15BrN2O2S. The van der Waals surface area contributed by atoms with Gasteiger partial charge in [-0.1, -0.05) is 0 Å². The Hall–Kier alpha value is -0.620. The van der Waals surface area contributed by atoms with E-state index in [1.807, 2.05) is 13.0 Å². The zero-order valence-corrected chi connectivity index (χ0v) is 12.0. The summed E-state index contributed by atoms with van der Waals surface area (Å²) in [6, 6.07) is 1.93. The van der Waals surface area contributed by atoms with Gasteiger partial charge in [0.2, 0.25) is 0 Å². The minimum absolute atomic E-state index is 0.203. The number of nitrogens with one attached hydrogen (secondary N) is 1. The van der Waals surface area contributed by atoms with Crippen LogP contribution in [0.5, 0.6) is 0 Å². The van der Waals surface area contributed by atoms with Crippen molar-refractivity contribution in [2.75, 3.05) is 23.4 Å². The van der Waals surface area contributed by atoms with Crippen LogP contribution in [-0.2, 0) is 9.84 Å². The SMILES string of the molecule is Cc1ccnc(NCC2CCS(=O)(=O)C2)c1Br. The number of pyridine rings is 1. The largest absolute Gasteiger partial charge is 0.369 e. The Morgan fingerprint density at radius 1 is 1.59 bits per heavy atom. The van der Waals surface area contributed by atoms with Gasteiger partial charge in [0.05, 0.1) is 16.0 Å². The molecule has 0 saturated carbocycles. The summed E-state index contributed by atoms with van der Waals surface area (Å²) in [5.74, 6) is 1.61. The summed E-state index contributed by atoms with van der Waals surface area (Å²) in [5.41, 5.74) is 1.11. The quantitative estimate of drug-likeness (QED) is 0.926. The number of sulfone groups is 1. The van der Waals surface area contributed by atoms with Crippen molar-refractivity contribution in [1.82, 2.24) is 4.98 Å². The lowest BCUT2D eigenvalue weighted by Crippen LogP contribution is -2.16. The van der Waals surface area contributed by atoms with E-state index in [-0.39, 0.29) is 5.92 Å². The topological polar surface area (TPSA) is 59.1 Å². The van der Waals surface area contributed by atoms with E-state index in [4.69, 9.17) is 0 Å². The summed E-state index contributed by atoms with van der Waals surface area (Å²) in [7, 11) is -2.79. The number of halogens is 1. The molecule has 94 valence electrons. The van der Waals surface area contributed by atoms with E-state index in [2.05, 4.69) is 26.2 Å². The molecule has 0 spiro atoms. The van der Waals surface area contributed by atoms with E-state index in [9.17, 15) is 8.42 Å². The monoisotopic (exact) mass is 318 g/mol. The molecule has 1 fully saturated rings. The Morgan fingerprint density at radius 2 is 2.35 bits per heavy atom. The van der Waals surface area contributed by atoms with Crippen molar-refractivity contribution in [3.05, 3.63) is 22.3 Å². The molecule has 17 heavy (non-hydrogen) atoms. The standard InChI is InChI=1S/C11H15BrN2O2S/c1-8-2-4-13-11(10(8)12)14-6-9-3-5-17(15,16)7-9/h2,4,9H,3,5-7H2,1H3,(H,13,14). The Kier molecular flexibility index (Phi) is 3.73. The molecule has 2 heterocycles. The van der Waals surface area contributed by atoms with Gasteiger partial charge in [-0.15, -0.1) is 0 Å². The highest BCUT2D eigenvalue weighted by Crippen LogP contribution is 2.25. The van der Waals surface area contributed by atoms with Gasteiger partial charge in [0.15, 0.2) is 9.84 Å². The van der Waals surface area contributed by atoms with Crippen molar-refractivity contribution in [1.29, 1.82) is 0 Å². The lowest BCUT2D eigenvalue weighted by atomic mass is 10.1. The van der Waals surface area contributed by atoms with Crippen molar-refractivity contribution < 1.29 is 8.42 Å². The van der Waals surface area contributed by atoms with E-state index in [0.717, 1.165) is 22.3 Å². The van der Waals surface area contributed by atoms with Crippen LogP contribution in [0.2, 0.25) is 0 Å². The maximum Gasteiger partial charge on any atom is 0.150 e. The molecule has 0 bridgehead atoms. The highest BCUT2D eigenvalue weighted by Gasteiger charge is 2.27. The van der Waals surface area contributed by atoms with Gasteiger partial charge in [0.1, 0.15) is 5.82 Å². The van der Waals surface area contributed by atoms with Gasteiger partial charge in [0, 0.05) is 12.7 Å². The average Bonchev–Trinajstić information content (AvgIpc) is 2.61. The molecule has 1 aliphatic rings. The van der Waals surface area contributed by atoms with E-state index >= 15 is 0 Å². The molecule has 0 amide bonds. The highest BCUT2D eigenvalue weighted by molar-refractivity contribution is 9.10. The van der Waals surface area contributed by atoms with Crippen molar-refractivity contribution in [2.24, 2.45) is 5.92 Å². The van der Waals surface area contributed by atoms with Crippen LogP contribution in [0.25, 0.3) is 0 Å². The van der Waals surface area contributed by atoms with E-state index in [1.54, 1.807) is 6.20 Å². The predicted octanol–water partition coefficient (Wildman–Crippen LogP) is 2.00. The first-order chi connectivity index (χ1) is 7.98. The van der Waals surface area contributed by atoms with Crippen LogP contribution in [0.1, 0.15) is 12.0 Å². The minimum atomic E-state index is -2.79. The third-order valence-corrected chi connectivity index (χ3v) is 5.81. The molecule has 0 radical (unpaired) electrons. The molecule has 1 aromatic rings. The molecule has 1 aliphatic heterocycles. The average molecular weight is 319 g/mol. The predicted molar refractivity (Wildman–Crippen MR) is 71.9 cm³/mol. The molecule has 1 aromatic heterocycles. The third-order valence-electron chi connectivity index (χ3n) is 2.97. The van der Waals surface area contributed by atoms with Crippen LogP contribution >= 0.6 is 15.9 Å². The van der Waals surface area contributed by atoms with Crippen molar-refractivity contribution in [3.63, 3.8) is 0 Å². The fraction of sp³-hybridized carbons (Fsp3) is 0.545. The van der Waals surface area contributed by atoms with Crippen LogP contribution in [-0.4, -0.2) is 31.5 Å². The van der Waals surface area contributed by atoms with E-state index in [1.165, 1.54) is 0 Å². The number of aryl methyl sites for hydroxylation is 1. The van der Waals surface area contributed by atoms with Crippen LogP contribution in [0.15, 0.2) is 16.7 Å². The molecule has 1 N–H and O–H groups in total. The van der Waals surface area contributed by atoms with E-state index < -0.39 is 9.84 Å². The second-order valence-electron chi connectivity index (χ2n) is 4.44. The van der Waals surface area contributed by atoms with Crippen LogP contribution in [0.4, 0.5) is 5.82 Å². The van der Waals surface area contributed by atoms with Gasteiger partial charge in [0.25, 0.3) is 0 Å². The molecule has 1 unspecified atom stereocenters. The van der Waals surface area contributed by atoms with Gasteiger partial charge in [-0.3, -0.25) is 0 Å². The number of nitrogens with zero attached hydrogens (tertiary/aromatic N) is 1. The summed E-state index contributed by atoms with van der Waals surface area (Å²) in [4.78, 5) is 4.23. The van der Waals surface area contributed by atoms with Gasteiger partial charge >= 0.3 is 0 Å². The Labute approximate surface area is 110 Å². The summed E-state index contributed by atoms with van der Waals surface area (Å²) < 4.78 is 23.6. The third kappa shape index (κ3) is 3.19. The Bertz CT molecular complexity index is 516. The molecule has 1 atom stereocenters. The van der Waals surface area contributed by atoms with Crippen molar-refractivity contribution in [2.45, 2.75) is 13.3 Å². The molecule has 0 aromatic carbocycles. The minimum Gasteiger partial charge on any atom is -0.369 e. The van der Waals surface area contributed by atoms with Gasteiger partial charge in [-0.25, -0.2) is 13.4 Å². The van der Waals surface area contributed by atoms with Crippen LogP contribution < -0.4 is 5.32 Å². The second kappa shape index (κ2) is 4.94. The molecule has 0 aliphatic carbocycles. The summed E-state index contributed by atoms with van der Waals surface area (Å²) >= 11 is 3.47. The summed E-state index contributed by atoms with van der Waals surface area (Å²) in [5, 5.41) is 3.21. The highest BCUT2D eigenvalue weighted by atomic mass is 79.9. The zero-order chi connectivity index (χ0) is 12.5. The molecule has 6 heteroatoms. The summed E-state index contributed by atoms with van der Waals surface area (Å²) in [6.07, 6.45) is 2.49. The fourth-order valence-corrected chi connectivity index (χ4v) is 4.17. The second-order valence-corrected chi connectivity index (χ2v) is 7.46. The first-order valence-corrected chi connectivity index (χ1v) is 8.15. The smallest absolute Gasteiger partial charge is 0.150 e. The Morgan fingerprint density at radius 3 is 3.00 bits per heavy atom. The van der Waals surface area contributed by atoms with Gasteiger partial charge in [-0.2, -0.15) is 0 Å². The first-order valence-electron chi connectivity index (χ1n) is 5.53. The Balaban J connectivity index is 1.97. The molecular weight excluding hydrogens is 304 g/mol. The lowest BCUT2D eigenvalue weighted by molar-refractivity contribution is 0.595. The van der Waals surface area contributed by atoms with E-state index in [0.29, 0.717) is 18.1 Å². The number of hydrogen-bond acceptors (Lipinski definition) is 4. The van der Waals surface area contributed by atoms with Crippen LogP contribution in [0.3, 0.4) is 0 Å². The summed E-state index contributed by atoms with van der Waals surface area (Å²) in [6.45, 7) is 2.66. The molecule has 4 nitrogen and oxygen atoms in total. The normalized spacial score (nSPS) is 22.6. The molecule has 1 saturated heterocycles. The van der Waals surface area contributed by atoms with Crippen molar-refractivity contribution in [3.8, 4) is 0 Å². The molecule has 2 rings (SSSR count). The van der Waals surface area contributed by atoms with Gasteiger partial charge in [-0.05, 0) is 46.8 Å². The maximum atomic E-state index is 11.3. The van der Waals surface area contributed by atoms with Crippen LogP contribution in [0, 0.1) is 12.8 Å².